The summed E-state index contributed by atoms with van der Waals surface area (Å²) < 4.78 is 0. The van der Waals surface area contributed by atoms with E-state index in [1.165, 1.54) is 0 Å². The molecule has 0 saturated carbocycles. The fraction of sp³-hybridized carbons (Fsp3) is 0.238. The molecule has 0 aliphatic carbocycles. The largest absolute Gasteiger partial charge is 0.488 e. The molecule has 6 nitrogen and oxygen atoms in total. The Morgan fingerprint density at radius 3 is 1.93 bits per heavy atom. The van der Waals surface area contributed by atoms with Gasteiger partial charge in [-0.2, -0.15) is 0 Å². The van der Waals surface area contributed by atoms with Crippen LogP contribution >= 0.6 is 0 Å². The SMILES string of the molecule is OB(O)c1ccc(CNCCN(Cc2ccccn2)Cc2ccccn2)cc1. The Morgan fingerprint density at radius 2 is 1.43 bits per heavy atom. The predicted molar refractivity (Wildman–Crippen MR) is 111 cm³/mol. The molecular weight excluding hydrogens is 351 g/mol. The first-order valence-electron chi connectivity index (χ1n) is 9.38. The average Bonchev–Trinajstić information content (AvgIpc) is 2.73. The molecule has 0 spiro atoms. The first-order valence-corrected chi connectivity index (χ1v) is 9.38. The van der Waals surface area contributed by atoms with E-state index in [0.717, 1.165) is 49.7 Å². The van der Waals surface area contributed by atoms with Gasteiger partial charge in [0.2, 0.25) is 0 Å². The number of benzene rings is 1. The van der Waals surface area contributed by atoms with E-state index >= 15 is 0 Å². The molecule has 0 atom stereocenters. The number of hydrogen-bond donors (Lipinski definition) is 3. The highest BCUT2D eigenvalue weighted by Crippen LogP contribution is 2.06. The minimum Gasteiger partial charge on any atom is -0.423 e. The van der Waals surface area contributed by atoms with E-state index in [9.17, 15) is 0 Å². The van der Waals surface area contributed by atoms with Gasteiger partial charge in [0.25, 0.3) is 0 Å². The molecule has 0 aliphatic heterocycles. The van der Waals surface area contributed by atoms with Gasteiger partial charge in [-0.15, -0.1) is 0 Å². The van der Waals surface area contributed by atoms with Crippen LogP contribution in [-0.4, -0.2) is 45.1 Å². The van der Waals surface area contributed by atoms with E-state index in [4.69, 9.17) is 10.0 Å². The summed E-state index contributed by atoms with van der Waals surface area (Å²) in [6, 6.07) is 19.2. The van der Waals surface area contributed by atoms with Crippen molar-refractivity contribution in [1.82, 2.24) is 20.2 Å². The van der Waals surface area contributed by atoms with Crippen molar-refractivity contribution in [2.45, 2.75) is 19.6 Å². The van der Waals surface area contributed by atoms with E-state index in [0.29, 0.717) is 5.46 Å². The summed E-state index contributed by atoms with van der Waals surface area (Å²) in [7, 11) is -1.42. The average molecular weight is 376 g/mol. The molecule has 0 amide bonds. The van der Waals surface area contributed by atoms with Gasteiger partial charge in [-0.1, -0.05) is 36.4 Å². The maximum atomic E-state index is 9.16. The predicted octanol–water partition coefficient (Wildman–Crippen LogP) is 0.948. The highest BCUT2D eigenvalue weighted by Gasteiger charge is 2.10. The molecule has 0 saturated heterocycles. The minimum absolute atomic E-state index is 0.501. The van der Waals surface area contributed by atoms with Crippen LogP contribution in [0.5, 0.6) is 0 Å². The molecule has 7 heteroatoms. The Kier molecular flexibility index (Phi) is 7.69. The number of pyridine rings is 2. The summed E-state index contributed by atoms with van der Waals surface area (Å²) in [6.45, 7) is 3.94. The maximum Gasteiger partial charge on any atom is 0.488 e. The molecule has 2 aromatic heterocycles. The van der Waals surface area contributed by atoms with E-state index in [-0.39, 0.29) is 0 Å². The van der Waals surface area contributed by atoms with Gasteiger partial charge >= 0.3 is 7.12 Å². The van der Waals surface area contributed by atoms with Crippen LogP contribution in [0.25, 0.3) is 0 Å². The molecule has 0 fully saturated rings. The zero-order valence-electron chi connectivity index (χ0n) is 15.8. The maximum absolute atomic E-state index is 9.16. The topological polar surface area (TPSA) is 81.5 Å². The highest BCUT2D eigenvalue weighted by atomic mass is 16.4. The molecule has 2 heterocycles. The Bertz CT molecular complexity index is 775. The molecule has 0 bridgehead atoms. The molecule has 0 radical (unpaired) electrons. The van der Waals surface area contributed by atoms with E-state index in [2.05, 4.69) is 20.2 Å². The Morgan fingerprint density at radius 1 is 0.821 bits per heavy atom. The molecule has 144 valence electrons. The first-order chi connectivity index (χ1) is 13.7. The van der Waals surface area contributed by atoms with Crippen LogP contribution in [0.4, 0.5) is 0 Å². The molecule has 3 rings (SSSR count). The summed E-state index contributed by atoms with van der Waals surface area (Å²) in [5.74, 6) is 0. The van der Waals surface area contributed by atoms with Gasteiger partial charge in [0.05, 0.1) is 11.4 Å². The van der Waals surface area contributed by atoms with Crippen LogP contribution in [-0.2, 0) is 19.6 Å². The molecular formula is C21H25BN4O2. The number of aromatic nitrogens is 2. The molecule has 0 aliphatic rings. The lowest BCUT2D eigenvalue weighted by molar-refractivity contribution is 0.250. The first kappa shape index (κ1) is 20.2. The number of hydrogen-bond acceptors (Lipinski definition) is 6. The fourth-order valence-corrected chi connectivity index (χ4v) is 2.93. The number of nitrogens with zero attached hydrogens (tertiary/aromatic N) is 3. The van der Waals surface area contributed by atoms with Crippen LogP contribution in [0.3, 0.4) is 0 Å². The van der Waals surface area contributed by atoms with E-state index in [1.54, 1.807) is 12.1 Å². The van der Waals surface area contributed by atoms with Gasteiger partial charge in [-0.25, -0.2) is 0 Å². The summed E-state index contributed by atoms with van der Waals surface area (Å²) in [5, 5.41) is 21.8. The van der Waals surface area contributed by atoms with Crippen molar-refractivity contribution in [3.05, 3.63) is 90.0 Å². The lowest BCUT2D eigenvalue weighted by atomic mass is 9.80. The fourth-order valence-electron chi connectivity index (χ4n) is 2.93. The van der Waals surface area contributed by atoms with Crippen molar-refractivity contribution in [1.29, 1.82) is 0 Å². The molecule has 3 N–H and O–H groups in total. The monoisotopic (exact) mass is 376 g/mol. The van der Waals surface area contributed by atoms with Gasteiger partial charge in [-0.05, 0) is 35.3 Å². The molecule has 28 heavy (non-hydrogen) atoms. The summed E-state index contributed by atoms with van der Waals surface area (Å²) in [4.78, 5) is 11.2. The van der Waals surface area contributed by atoms with Gasteiger partial charge < -0.3 is 15.4 Å². The van der Waals surface area contributed by atoms with Gasteiger partial charge in [0.1, 0.15) is 0 Å². The number of rotatable bonds is 10. The lowest BCUT2D eigenvalue weighted by Gasteiger charge is -2.22. The van der Waals surface area contributed by atoms with E-state index < -0.39 is 7.12 Å². The Hall–Kier alpha value is -2.58. The lowest BCUT2D eigenvalue weighted by Crippen LogP contribution is -2.32. The molecule has 3 aromatic rings. The Labute approximate surface area is 166 Å². The van der Waals surface area contributed by atoms with Crippen molar-refractivity contribution >= 4 is 12.6 Å². The van der Waals surface area contributed by atoms with Gasteiger partial charge in [0, 0.05) is 45.1 Å². The summed E-state index contributed by atoms with van der Waals surface area (Å²) in [6.07, 6.45) is 3.64. The second kappa shape index (κ2) is 10.7. The zero-order valence-corrected chi connectivity index (χ0v) is 15.8. The normalized spacial score (nSPS) is 11.0. The van der Waals surface area contributed by atoms with Crippen molar-refractivity contribution < 1.29 is 10.0 Å². The Balaban J connectivity index is 1.52. The summed E-state index contributed by atoms with van der Waals surface area (Å²) in [5.41, 5.74) is 3.68. The minimum atomic E-state index is -1.42. The third kappa shape index (κ3) is 6.54. The smallest absolute Gasteiger partial charge is 0.423 e. The van der Waals surface area contributed by atoms with Crippen molar-refractivity contribution in [2.75, 3.05) is 13.1 Å². The molecule has 1 aromatic carbocycles. The standard InChI is InChI=1S/C21H25BN4O2/c27-22(28)19-9-7-18(8-10-19)15-23-13-14-26(16-20-5-1-3-11-24-20)17-21-6-2-4-12-25-21/h1-12,23,27-28H,13-17H2. The zero-order chi connectivity index (χ0) is 19.6. The quantitative estimate of drug-likeness (QED) is 0.361. The van der Waals surface area contributed by atoms with Crippen molar-refractivity contribution in [3.8, 4) is 0 Å². The molecule has 0 unspecified atom stereocenters. The van der Waals surface area contributed by atoms with Crippen molar-refractivity contribution in [2.24, 2.45) is 0 Å². The van der Waals surface area contributed by atoms with Gasteiger partial charge in [-0.3, -0.25) is 14.9 Å². The number of nitrogens with one attached hydrogen (secondary N) is 1. The summed E-state index contributed by atoms with van der Waals surface area (Å²) >= 11 is 0. The van der Waals surface area contributed by atoms with Crippen LogP contribution in [0, 0.1) is 0 Å². The van der Waals surface area contributed by atoms with Crippen LogP contribution in [0.1, 0.15) is 17.0 Å². The van der Waals surface area contributed by atoms with Gasteiger partial charge in [0.15, 0.2) is 0 Å². The second-order valence-electron chi connectivity index (χ2n) is 6.64. The van der Waals surface area contributed by atoms with E-state index in [1.807, 2.05) is 60.9 Å². The third-order valence-electron chi connectivity index (χ3n) is 4.44. The third-order valence-corrected chi connectivity index (χ3v) is 4.44. The van der Waals surface area contributed by atoms with Crippen molar-refractivity contribution in [3.63, 3.8) is 0 Å². The van der Waals surface area contributed by atoms with Crippen LogP contribution < -0.4 is 10.8 Å². The van der Waals surface area contributed by atoms with Crippen LogP contribution in [0.2, 0.25) is 0 Å². The van der Waals surface area contributed by atoms with Crippen LogP contribution in [0.15, 0.2) is 73.1 Å². The highest BCUT2D eigenvalue weighted by molar-refractivity contribution is 6.58. The second-order valence-corrected chi connectivity index (χ2v) is 6.64.